The number of amides is 1. The van der Waals surface area contributed by atoms with Gasteiger partial charge < -0.3 is 14.8 Å². The molecule has 0 fully saturated rings. The van der Waals surface area contributed by atoms with E-state index in [1.54, 1.807) is 0 Å². The van der Waals surface area contributed by atoms with Crippen molar-refractivity contribution in [3.8, 4) is 11.5 Å². The number of ether oxygens (including phenoxy) is 2. The van der Waals surface area contributed by atoms with Gasteiger partial charge in [0.2, 0.25) is 6.79 Å². The van der Waals surface area contributed by atoms with Crippen molar-refractivity contribution in [2.45, 2.75) is 11.8 Å². The molecule has 0 aliphatic carbocycles. The molecule has 4 nitrogen and oxygen atoms in total. The monoisotopic (exact) mass is 453 g/mol. The number of carbonyl (C=O) groups is 1. The van der Waals surface area contributed by atoms with E-state index < -0.39 is 0 Å². The van der Waals surface area contributed by atoms with Gasteiger partial charge in [-0.25, -0.2) is 4.39 Å². The highest BCUT2D eigenvalue weighted by Gasteiger charge is 2.29. The zero-order valence-electron chi connectivity index (χ0n) is 18.5. The second-order valence-corrected chi connectivity index (χ2v) is 8.24. The average molecular weight is 454 g/mol. The summed E-state index contributed by atoms with van der Waals surface area (Å²) in [6.45, 7) is 0.579. The Hall–Kier alpha value is -4.12. The third-order valence-electron chi connectivity index (χ3n) is 6.13. The standard InChI is InChI=1S/C29H24FNO3/c30-24-14-11-22(12-15-24)29(32)31-18-25(23-13-16-26-27(17-23)34-19-33-26)28(20-7-3-1-4-8-20)21-9-5-2-6-10-21/h1-17,25,28H,18-19H2,(H,31,32). The summed E-state index contributed by atoms with van der Waals surface area (Å²) in [5, 5.41) is 3.07. The zero-order valence-corrected chi connectivity index (χ0v) is 18.5. The first kappa shape index (κ1) is 21.7. The van der Waals surface area contributed by atoms with Crippen molar-refractivity contribution < 1.29 is 18.7 Å². The highest BCUT2D eigenvalue weighted by atomic mass is 19.1. The molecule has 1 atom stereocenters. The van der Waals surface area contributed by atoms with Crippen molar-refractivity contribution in [1.29, 1.82) is 0 Å². The molecule has 4 aromatic rings. The molecule has 4 aromatic carbocycles. The maximum atomic E-state index is 13.3. The average Bonchev–Trinajstić information content (AvgIpc) is 3.36. The van der Waals surface area contributed by atoms with Gasteiger partial charge in [0.25, 0.3) is 5.91 Å². The summed E-state index contributed by atoms with van der Waals surface area (Å²) < 4.78 is 24.5. The van der Waals surface area contributed by atoms with E-state index >= 15 is 0 Å². The van der Waals surface area contributed by atoms with E-state index in [0.29, 0.717) is 23.6 Å². The fraction of sp³-hybridized carbons (Fsp3) is 0.138. The van der Waals surface area contributed by atoms with Crippen molar-refractivity contribution in [2.24, 2.45) is 0 Å². The van der Waals surface area contributed by atoms with Gasteiger partial charge in [-0.15, -0.1) is 0 Å². The lowest BCUT2D eigenvalue weighted by atomic mass is 9.77. The van der Waals surface area contributed by atoms with Crippen LogP contribution in [0.25, 0.3) is 0 Å². The lowest BCUT2D eigenvalue weighted by Gasteiger charge is -2.29. The van der Waals surface area contributed by atoms with Gasteiger partial charge in [-0.3, -0.25) is 4.79 Å². The lowest BCUT2D eigenvalue weighted by molar-refractivity contribution is 0.0950. The van der Waals surface area contributed by atoms with Gasteiger partial charge in [-0.05, 0) is 53.1 Å². The Morgan fingerprint density at radius 1 is 0.765 bits per heavy atom. The van der Waals surface area contributed by atoms with Crippen LogP contribution in [0, 0.1) is 5.82 Å². The molecule has 1 aliphatic heterocycles. The van der Waals surface area contributed by atoms with E-state index in [9.17, 15) is 9.18 Å². The first-order chi connectivity index (χ1) is 16.7. The predicted molar refractivity (Wildman–Crippen MR) is 129 cm³/mol. The highest BCUT2D eigenvalue weighted by Crippen LogP contribution is 2.42. The minimum atomic E-state index is -0.372. The fourth-order valence-corrected chi connectivity index (χ4v) is 4.46. The molecule has 1 unspecified atom stereocenters. The summed E-state index contributed by atoms with van der Waals surface area (Å²) >= 11 is 0. The molecule has 5 heteroatoms. The molecule has 0 spiro atoms. The molecule has 34 heavy (non-hydrogen) atoms. The number of nitrogens with one attached hydrogen (secondary N) is 1. The molecule has 1 heterocycles. The molecule has 1 amide bonds. The molecular formula is C29H24FNO3. The Kier molecular flexibility index (Phi) is 6.25. The smallest absolute Gasteiger partial charge is 0.251 e. The van der Waals surface area contributed by atoms with E-state index in [2.05, 4.69) is 29.6 Å². The summed E-state index contributed by atoms with van der Waals surface area (Å²) in [6, 6.07) is 32.1. The maximum absolute atomic E-state index is 13.3. The first-order valence-electron chi connectivity index (χ1n) is 11.2. The van der Waals surface area contributed by atoms with Crippen LogP contribution in [0.1, 0.15) is 38.9 Å². The Labute approximate surface area is 198 Å². The Balaban J connectivity index is 1.53. The van der Waals surface area contributed by atoms with Gasteiger partial charge in [0.15, 0.2) is 11.5 Å². The SMILES string of the molecule is O=C(NCC(c1ccc2c(c1)OCO2)C(c1ccccc1)c1ccccc1)c1ccc(F)cc1. The third kappa shape index (κ3) is 4.64. The van der Waals surface area contributed by atoms with Crippen LogP contribution < -0.4 is 14.8 Å². The van der Waals surface area contributed by atoms with Gasteiger partial charge in [0, 0.05) is 23.9 Å². The van der Waals surface area contributed by atoms with E-state index in [1.165, 1.54) is 24.3 Å². The molecular weight excluding hydrogens is 429 g/mol. The zero-order chi connectivity index (χ0) is 23.3. The molecule has 0 radical (unpaired) electrons. The first-order valence-corrected chi connectivity index (χ1v) is 11.2. The summed E-state index contributed by atoms with van der Waals surface area (Å²) in [4.78, 5) is 12.9. The lowest BCUT2D eigenvalue weighted by Crippen LogP contribution is -2.31. The molecule has 170 valence electrons. The largest absolute Gasteiger partial charge is 0.454 e. The van der Waals surface area contributed by atoms with Crippen molar-refractivity contribution in [3.63, 3.8) is 0 Å². The normalized spacial score (nSPS) is 13.0. The summed E-state index contributed by atoms with van der Waals surface area (Å²) in [7, 11) is 0. The third-order valence-corrected chi connectivity index (χ3v) is 6.13. The minimum absolute atomic E-state index is 0.0173. The highest BCUT2D eigenvalue weighted by molar-refractivity contribution is 5.94. The van der Waals surface area contributed by atoms with Crippen molar-refractivity contribution >= 4 is 5.91 Å². The molecule has 0 saturated carbocycles. The number of hydrogen-bond acceptors (Lipinski definition) is 3. The maximum Gasteiger partial charge on any atom is 0.251 e. The van der Waals surface area contributed by atoms with Crippen LogP contribution in [-0.4, -0.2) is 19.2 Å². The van der Waals surface area contributed by atoms with Gasteiger partial charge in [0.05, 0.1) is 0 Å². The Bertz CT molecular complexity index is 1220. The molecule has 1 aliphatic rings. The van der Waals surface area contributed by atoms with Crippen LogP contribution in [0.5, 0.6) is 11.5 Å². The molecule has 5 rings (SSSR count). The van der Waals surface area contributed by atoms with E-state index in [0.717, 1.165) is 16.7 Å². The topological polar surface area (TPSA) is 47.6 Å². The van der Waals surface area contributed by atoms with Crippen molar-refractivity contribution in [1.82, 2.24) is 5.32 Å². The molecule has 0 aromatic heterocycles. The van der Waals surface area contributed by atoms with Gasteiger partial charge >= 0.3 is 0 Å². The van der Waals surface area contributed by atoms with Crippen molar-refractivity contribution in [3.05, 3.63) is 131 Å². The van der Waals surface area contributed by atoms with Crippen LogP contribution in [-0.2, 0) is 0 Å². The van der Waals surface area contributed by atoms with E-state index in [-0.39, 0.29) is 30.4 Å². The number of carbonyl (C=O) groups excluding carboxylic acids is 1. The summed E-state index contributed by atoms with van der Waals surface area (Å²) in [5.74, 6) is 0.690. The molecule has 0 saturated heterocycles. The summed E-state index contributed by atoms with van der Waals surface area (Å²) in [5.41, 5.74) is 3.74. The van der Waals surface area contributed by atoms with Crippen LogP contribution in [0.15, 0.2) is 103 Å². The Morgan fingerprint density at radius 3 is 2.03 bits per heavy atom. The van der Waals surface area contributed by atoms with E-state index in [4.69, 9.17) is 9.47 Å². The van der Waals surface area contributed by atoms with E-state index in [1.807, 2.05) is 54.6 Å². The van der Waals surface area contributed by atoms with Crippen LogP contribution in [0.4, 0.5) is 4.39 Å². The second-order valence-electron chi connectivity index (χ2n) is 8.24. The second kappa shape index (κ2) is 9.79. The summed E-state index contributed by atoms with van der Waals surface area (Å²) in [6.07, 6.45) is 0. The number of benzene rings is 4. The minimum Gasteiger partial charge on any atom is -0.454 e. The van der Waals surface area contributed by atoms with Crippen LogP contribution in [0.3, 0.4) is 0 Å². The Morgan fingerprint density at radius 2 is 1.38 bits per heavy atom. The molecule has 0 bridgehead atoms. The van der Waals surface area contributed by atoms with Gasteiger partial charge in [-0.1, -0.05) is 66.7 Å². The fourth-order valence-electron chi connectivity index (χ4n) is 4.46. The molecule has 1 N–H and O–H groups in total. The number of rotatable bonds is 7. The van der Waals surface area contributed by atoms with Gasteiger partial charge in [0.1, 0.15) is 5.82 Å². The van der Waals surface area contributed by atoms with Crippen molar-refractivity contribution in [2.75, 3.05) is 13.3 Å². The van der Waals surface area contributed by atoms with Crippen LogP contribution >= 0.6 is 0 Å². The number of halogens is 1. The predicted octanol–water partition coefficient (Wildman–Crippen LogP) is 5.90. The van der Waals surface area contributed by atoms with Gasteiger partial charge in [-0.2, -0.15) is 0 Å². The van der Waals surface area contributed by atoms with Crippen LogP contribution in [0.2, 0.25) is 0 Å². The number of hydrogen-bond donors (Lipinski definition) is 1. The number of fused-ring (bicyclic) bond motifs is 1. The quantitative estimate of drug-likeness (QED) is 0.379.